The number of esters is 1. The Bertz CT molecular complexity index is 1210. The average Bonchev–Trinajstić information content (AvgIpc) is 3.45. The lowest BCUT2D eigenvalue weighted by atomic mass is 9.90. The number of hydrogen-bond acceptors (Lipinski definition) is 7. The molecule has 0 bridgehead atoms. The van der Waals surface area contributed by atoms with Gasteiger partial charge in [-0.2, -0.15) is 0 Å². The van der Waals surface area contributed by atoms with Crippen molar-refractivity contribution in [2.75, 3.05) is 6.61 Å². The molecule has 1 N–H and O–H groups in total. The first-order valence-electron chi connectivity index (χ1n) is 11.0. The van der Waals surface area contributed by atoms with Crippen LogP contribution in [0.4, 0.5) is 0 Å². The molecular weight excluding hydrogens is 450 g/mol. The van der Waals surface area contributed by atoms with Gasteiger partial charge in [-0.25, -0.2) is 9.79 Å². The van der Waals surface area contributed by atoms with Crippen molar-refractivity contribution < 1.29 is 18.7 Å². The number of ether oxygens (including phenoxy) is 1. The summed E-state index contributed by atoms with van der Waals surface area (Å²) in [4.78, 5) is 32.6. The van der Waals surface area contributed by atoms with E-state index in [-0.39, 0.29) is 18.9 Å². The Hall–Kier alpha value is -3.52. The molecular formula is C26H27N3O4S. The smallest absolute Gasteiger partial charge is 0.338 e. The minimum absolute atomic E-state index is 0.110. The number of carbonyl (C=O) groups is 2. The van der Waals surface area contributed by atoms with E-state index in [4.69, 9.17) is 9.15 Å². The first-order chi connectivity index (χ1) is 16.4. The summed E-state index contributed by atoms with van der Waals surface area (Å²) in [5, 5.41) is 5.54. The van der Waals surface area contributed by atoms with Crippen molar-refractivity contribution >= 4 is 28.8 Å². The van der Waals surface area contributed by atoms with E-state index in [1.807, 2.05) is 49.3 Å². The van der Waals surface area contributed by atoms with E-state index in [0.29, 0.717) is 23.6 Å². The van der Waals surface area contributed by atoms with Crippen LogP contribution in [0.15, 0.2) is 81.0 Å². The van der Waals surface area contributed by atoms with Crippen LogP contribution in [0.25, 0.3) is 0 Å². The van der Waals surface area contributed by atoms with Gasteiger partial charge in [0.05, 0.1) is 36.5 Å². The Morgan fingerprint density at radius 2 is 2.12 bits per heavy atom. The third-order valence-corrected chi connectivity index (χ3v) is 6.54. The molecule has 0 spiro atoms. The highest BCUT2D eigenvalue weighted by Crippen LogP contribution is 2.45. The maximum absolute atomic E-state index is 13.1. The van der Waals surface area contributed by atoms with Crippen molar-refractivity contribution in [3.8, 4) is 0 Å². The summed E-state index contributed by atoms with van der Waals surface area (Å²) >= 11 is 1.45. The number of aliphatic imine (C=N–C) groups is 1. The molecule has 0 fully saturated rings. The van der Waals surface area contributed by atoms with Gasteiger partial charge in [0, 0.05) is 5.70 Å². The van der Waals surface area contributed by atoms with Crippen LogP contribution in [0.3, 0.4) is 0 Å². The van der Waals surface area contributed by atoms with Crippen LogP contribution < -0.4 is 5.32 Å². The molecule has 2 aliphatic heterocycles. The second kappa shape index (κ2) is 10.2. The third-order valence-electron chi connectivity index (χ3n) is 5.65. The number of benzene rings is 1. The van der Waals surface area contributed by atoms with Crippen molar-refractivity contribution in [2.45, 2.75) is 39.8 Å². The van der Waals surface area contributed by atoms with Crippen LogP contribution in [0.2, 0.25) is 0 Å². The van der Waals surface area contributed by atoms with Crippen LogP contribution in [0, 0.1) is 13.8 Å². The molecule has 2 aromatic rings. The standard InChI is InChI=1S/C26H27N3O4S/c1-5-10-33-25(31)23-18(4)28-26-29(24(23)21-9-8-16(2)12-17(21)3)19(15-34-26)13-22(30)27-14-20-7-6-11-32-20/h5-9,11-12,15,24H,1,10,13-14H2,2-4H3,(H,27,30)/t24-/m0/s1. The molecule has 0 saturated heterocycles. The molecule has 2 aliphatic rings. The van der Waals surface area contributed by atoms with Crippen LogP contribution in [0.5, 0.6) is 0 Å². The van der Waals surface area contributed by atoms with Gasteiger partial charge in [0.25, 0.3) is 0 Å². The topological polar surface area (TPSA) is 84.1 Å². The fraction of sp³-hybridized carbons (Fsp3) is 0.269. The number of nitrogens with zero attached hydrogens (tertiary/aromatic N) is 2. The maximum Gasteiger partial charge on any atom is 0.338 e. The number of amides is 1. The molecule has 0 saturated carbocycles. The minimum atomic E-state index is -0.454. The second-order valence-electron chi connectivity index (χ2n) is 8.17. The predicted molar refractivity (Wildman–Crippen MR) is 133 cm³/mol. The normalized spacial score (nSPS) is 17.1. The van der Waals surface area contributed by atoms with Gasteiger partial charge in [0.2, 0.25) is 5.91 Å². The number of fused-ring (bicyclic) bond motifs is 1. The molecule has 8 heteroatoms. The number of rotatable bonds is 8. The number of amidine groups is 1. The Kier molecular flexibility index (Phi) is 7.07. The quantitative estimate of drug-likeness (QED) is 0.430. The Balaban J connectivity index is 1.66. The number of nitrogens with one attached hydrogen (secondary N) is 1. The van der Waals surface area contributed by atoms with Crippen molar-refractivity contribution in [2.24, 2.45) is 4.99 Å². The predicted octanol–water partition coefficient (Wildman–Crippen LogP) is 4.91. The molecule has 176 valence electrons. The zero-order valence-electron chi connectivity index (χ0n) is 19.5. The first kappa shape index (κ1) is 23.6. The Morgan fingerprint density at radius 3 is 2.82 bits per heavy atom. The highest BCUT2D eigenvalue weighted by atomic mass is 32.2. The van der Waals surface area contributed by atoms with E-state index >= 15 is 0 Å². The number of carbonyl (C=O) groups excluding carboxylic acids is 2. The van der Waals surface area contributed by atoms with Gasteiger partial charge >= 0.3 is 5.97 Å². The summed E-state index contributed by atoms with van der Waals surface area (Å²) < 4.78 is 10.7. The van der Waals surface area contributed by atoms with Gasteiger partial charge in [0.15, 0.2) is 5.17 Å². The van der Waals surface area contributed by atoms with Gasteiger partial charge in [0.1, 0.15) is 12.4 Å². The molecule has 0 radical (unpaired) electrons. The summed E-state index contributed by atoms with van der Waals surface area (Å²) in [6, 6.07) is 9.29. The number of hydrogen-bond donors (Lipinski definition) is 1. The summed E-state index contributed by atoms with van der Waals surface area (Å²) in [5.41, 5.74) is 4.98. The molecule has 1 atom stereocenters. The zero-order valence-corrected chi connectivity index (χ0v) is 20.3. The van der Waals surface area contributed by atoms with E-state index < -0.39 is 12.0 Å². The summed E-state index contributed by atoms with van der Waals surface area (Å²) in [6.07, 6.45) is 3.25. The fourth-order valence-electron chi connectivity index (χ4n) is 4.10. The van der Waals surface area contributed by atoms with Gasteiger partial charge < -0.3 is 19.4 Å². The molecule has 3 heterocycles. The number of thioether (sulfide) groups is 1. The Morgan fingerprint density at radius 1 is 1.29 bits per heavy atom. The monoisotopic (exact) mass is 477 g/mol. The summed E-state index contributed by atoms with van der Waals surface area (Å²) in [6.45, 7) is 9.94. The molecule has 7 nitrogen and oxygen atoms in total. The highest BCUT2D eigenvalue weighted by Gasteiger charge is 2.41. The molecule has 4 rings (SSSR count). The van der Waals surface area contributed by atoms with Gasteiger partial charge in [-0.1, -0.05) is 48.2 Å². The molecule has 0 aliphatic carbocycles. The van der Waals surface area contributed by atoms with E-state index in [2.05, 4.69) is 23.0 Å². The number of allylic oxidation sites excluding steroid dienone is 1. The van der Waals surface area contributed by atoms with E-state index in [1.165, 1.54) is 17.8 Å². The highest BCUT2D eigenvalue weighted by molar-refractivity contribution is 8.16. The van der Waals surface area contributed by atoms with E-state index in [1.54, 1.807) is 12.3 Å². The van der Waals surface area contributed by atoms with Crippen molar-refractivity contribution in [3.63, 3.8) is 0 Å². The molecule has 1 aromatic heterocycles. The van der Waals surface area contributed by atoms with Crippen LogP contribution in [-0.4, -0.2) is 28.6 Å². The van der Waals surface area contributed by atoms with E-state index in [9.17, 15) is 9.59 Å². The van der Waals surface area contributed by atoms with Crippen molar-refractivity contribution in [1.82, 2.24) is 10.2 Å². The Labute approximate surface area is 203 Å². The van der Waals surface area contributed by atoms with E-state index in [0.717, 1.165) is 27.6 Å². The summed E-state index contributed by atoms with van der Waals surface area (Å²) in [5.74, 6) is 0.0944. The van der Waals surface area contributed by atoms with Crippen LogP contribution >= 0.6 is 11.8 Å². The molecule has 1 aromatic carbocycles. The van der Waals surface area contributed by atoms with Crippen LogP contribution in [-0.2, 0) is 20.9 Å². The molecule has 34 heavy (non-hydrogen) atoms. The third kappa shape index (κ3) is 4.87. The van der Waals surface area contributed by atoms with Gasteiger partial charge in [-0.15, -0.1) is 0 Å². The average molecular weight is 478 g/mol. The first-order valence-corrected chi connectivity index (χ1v) is 11.9. The summed E-state index contributed by atoms with van der Waals surface area (Å²) in [7, 11) is 0. The fourth-order valence-corrected chi connectivity index (χ4v) is 5.06. The number of aryl methyl sites for hydroxylation is 2. The van der Waals surface area contributed by atoms with Crippen LogP contribution in [0.1, 0.15) is 41.8 Å². The van der Waals surface area contributed by atoms with Gasteiger partial charge in [-0.05, 0) is 49.4 Å². The van der Waals surface area contributed by atoms with Gasteiger partial charge in [-0.3, -0.25) is 4.79 Å². The maximum atomic E-state index is 13.1. The largest absolute Gasteiger partial charge is 0.467 e. The van der Waals surface area contributed by atoms with Crippen molar-refractivity contribution in [3.05, 3.63) is 94.1 Å². The second-order valence-corrected chi connectivity index (χ2v) is 9.01. The number of furan rings is 1. The lowest BCUT2D eigenvalue weighted by Gasteiger charge is -2.37. The SMILES string of the molecule is C=CCOC(=O)C1=C(C)N=C2SC=C(CC(=O)NCc3ccco3)N2[C@H]1c1ccc(C)cc1C. The minimum Gasteiger partial charge on any atom is -0.467 e. The molecule has 0 unspecified atom stereocenters. The zero-order chi connectivity index (χ0) is 24.2. The lowest BCUT2D eigenvalue weighted by molar-refractivity contribution is -0.138. The molecule has 1 amide bonds. The lowest BCUT2D eigenvalue weighted by Crippen LogP contribution is -2.38. The van der Waals surface area contributed by atoms with Crippen molar-refractivity contribution in [1.29, 1.82) is 0 Å².